The van der Waals surface area contributed by atoms with Crippen LogP contribution in [-0.2, 0) is 4.74 Å². The standard InChI is InChI=1S/C11H9NO3/c1-7-9(11(14)15-2)4-3-8(6-13)10(7)5-12/h3-4,6H,1-2H3. The van der Waals surface area contributed by atoms with Crippen molar-refractivity contribution in [2.24, 2.45) is 0 Å². The maximum absolute atomic E-state index is 11.3. The molecular formula is C11H9NO3. The van der Waals surface area contributed by atoms with Crippen LogP contribution in [0.15, 0.2) is 12.1 Å². The molecule has 4 nitrogen and oxygen atoms in total. The zero-order valence-electron chi connectivity index (χ0n) is 8.40. The molecule has 0 N–H and O–H groups in total. The first-order valence-electron chi connectivity index (χ1n) is 4.23. The third kappa shape index (κ3) is 1.86. The van der Waals surface area contributed by atoms with Gasteiger partial charge >= 0.3 is 5.97 Å². The lowest BCUT2D eigenvalue weighted by Crippen LogP contribution is -2.06. The molecule has 0 aliphatic carbocycles. The van der Waals surface area contributed by atoms with Gasteiger partial charge in [0.2, 0.25) is 0 Å². The topological polar surface area (TPSA) is 67.2 Å². The van der Waals surface area contributed by atoms with Crippen LogP contribution in [0.5, 0.6) is 0 Å². The molecule has 0 aliphatic heterocycles. The quantitative estimate of drug-likeness (QED) is 0.539. The van der Waals surface area contributed by atoms with Crippen LogP contribution in [-0.4, -0.2) is 19.4 Å². The van der Waals surface area contributed by atoms with Crippen molar-refractivity contribution in [1.29, 1.82) is 5.26 Å². The van der Waals surface area contributed by atoms with E-state index in [1.165, 1.54) is 19.2 Å². The SMILES string of the molecule is COC(=O)c1ccc(C=O)c(C#N)c1C. The minimum atomic E-state index is -0.513. The maximum Gasteiger partial charge on any atom is 0.338 e. The minimum absolute atomic E-state index is 0.216. The van der Waals surface area contributed by atoms with Crippen molar-refractivity contribution in [3.63, 3.8) is 0 Å². The van der Waals surface area contributed by atoms with Crippen LogP contribution >= 0.6 is 0 Å². The molecular weight excluding hydrogens is 194 g/mol. The Kier molecular flexibility index (Phi) is 3.19. The summed E-state index contributed by atoms with van der Waals surface area (Å²) in [5.74, 6) is -0.513. The number of carbonyl (C=O) groups excluding carboxylic acids is 2. The Labute approximate surface area is 87.1 Å². The Bertz CT molecular complexity index is 458. The number of nitriles is 1. The Hall–Kier alpha value is -2.15. The first kappa shape index (κ1) is 10.9. The number of hydrogen-bond acceptors (Lipinski definition) is 4. The highest BCUT2D eigenvalue weighted by molar-refractivity contribution is 5.93. The molecule has 0 unspecified atom stereocenters. The number of hydrogen-bond donors (Lipinski definition) is 0. The fourth-order valence-electron chi connectivity index (χ4n) is 1.31. The van der Waals surface area contributed by atoms with Crippen LogP contribution in [0.3, 0.4) is 0 Å². The molecule has 0 atom stereocenters. The summed E-state index contributed by atoms with van der Waals surface area (Å²) < 4.78 is 4.55. The van der Waals surface area contributed by atoms with Crippen molar-refractivity contribution in [2.75, 3.05) is 7.11 Å². The van der Waals surface area contributed by atoms with Crippen molar-refractivity contribution in [3.8, 4) is 6.07 Å². The van der Waals surface area contributed by atoms with Gasteiger partial charge in [0.25, 0.3) is 0 Å². The molecule has 0 fully saturated rings. The van der Waals surface area contributed by atoms with Gasteiger partial charge in [-0.3, -0.25) is 4.79 Å². The van der Waals surface area contributed by atoms with E-state index in [1.54, 1.807) is 6.92 Å². The molecule has 1 aromatic carbocycles. The summed E-state index contributed by atoms with van der Waals surface area (Å²) in [6.45, 7) is 1.61. The van der Waals surface area contributed by atoms with E-state index in [1.807, 2.05) is 6.07 Å². The number of esters is 1. The second-order valence-corrected chi connectivity index (χ2v) is 2.92. The number of rotatable bonds is 2. The molecule has 0 saturated carbocycles. The van der Waals surface area contributed by atoms with Crippen LogP contribution < -0.4 is 0 Å². The van der Waals surface area contributed by atoms with E-state index in [0.717, 1.165) is 0 Å². The van der Waals surface area contributed by atoms with Crippen molar-refractivity contribution >= 4 is 12.3 Å². The average Bonchev–Trinajstić information content (AvgIpc) is 2.27. The first-order chi connectivity index (χ1) is 7.15. The Balaban J connectivity index is 3.43. The number of aldehydes is 1. The van der Waals surface area contributed by atoms with Gasteiger partial charge < -0.3 is 4.74 Å². The van der Waals surface area contributed by atoms with Crippen molar-refractivity contribution in [3.05, 3.63) is 34.4 Å². The van der Waals surface area contributed by atoms with E-state index < -0.39 is 5.97 Å². The van der Waals surface area contributed by atoms with Crippen LogP contribution in [0.1, 0.15) is 31.8 Å². The summed E-state index contributed by atoms with van der Waals surface area (Å²) in [4.78, 5) is 21.9. The third-order valence-corrected chi connectivity index (χ3v) is 2.14. The fraction of sp³-hybridized carbons (Fsp3) is 0.182. The zero-order chi connectivity index (χ0) is 11.4. The van der Waals surface area contributed by atoms with Crippen LogP contribution in [0.25, 0.3) is 0 Å². The van der Waals surface area contributed by atoms with E-state index in [9.17, 15) is 9.59 Å². The summed E-state index contributed by atoms with van der Waals surface area (Å²) in [7, 11) is 1.27. The van der Waals surface area contributed by atoms with Gasteiger partial charge in [-0.05, 0) is 24.6 Å². The monoisotopic (exact) mass is 203 g/mol. The Morgan fingerprint density at radius 2 is 2.20 bits per heavy atom. The molecule has 0 aromatic heterocycles. The molecule has 0 radical (unpaired) electrons. The lowest BCUT2D eigenvalue weighted by Gasteiger charge is -2.06. The van der Waals surface area contributed by atoms with E-state index in [-0.39, 0.29) is 11.1 Å². The van der Waals surface area contributed by atoms with Gasteiger partial charge in [0, 0.05) is 5.56 Å². The lowest BCUT2D eigenvalue weighted by molar-refractivity contribution is 0.0599. The smallest absolute Gasteiger partial charge is 0.338 e. The maximum atomic E-state index is 11.3. The number of benzene rings is 1. The third-order valence-electron chi connectivity index (χ3n) is 2.14. The van der Waals surface area contributed by atoms with Crippen molar-refractivity contribution in [1.82, 2.24) is 0 Å². The number of nitrogens with zero attached hydrogens (tertiary/aromatic N) is 1. The van der Waals surface area contributed by atoms with Gasteiger partial charge in [-0.2, -0.15) is 5.26 Å². The van der Waals surface area contributed by atoms with E-state index >= 15 is 0 Å². The molecule has 1 aromatic rings. The van der Waals surface area contributed by atoms with Gasteiger partial charge in [-0.1, -0.05) is 0 Å². The zero-order valence-corrected chi connectivity index (χ0v) is 8.40. The molecule has 0 heterocycles. The van der Waals surface area contributed by atoms with Gasteiger partial charge in [-0.15, -0.1) is 0 Å². The highest BCUT2D eigenvalue weighted by Crippen LogP contribution is 2.17. The highest BCUT2D eigenvalue weighted by atomic mass is 16.5. The minimum Gasteiger partial charge on any atom is -0.465 e. The second-order valence-electron chi connectivity index (χ2n) is 2.92. The van der Waals surface area contributed by atoms with Gasteiger partial charge in [0.1, 0.15) is 6.07 Å². The molecule has 1 rings (SSSR count). The summed E-state index contributed by atoms with van der Waals surface area (Å²) >= 11 is 0. The molecule has 0 saturated heterocycles. The fourth-order valence-corrected chi connectivity index (χ4v) is 1.31. The van der Waals surface area contributed by atoms with E-state index in [0.29, 0.717) is 17.4 Å². The van der Waals surface area contributed by atoms with Crippen molar-refractivity contribution in [2.45, 2.75) is 6.92 Å². The summed E-state index contributed by atoms with van der Waals surface area (Å²) in [6.07, 6.45) is 0.590. The van der Waals surface area contributed by atoms with Gasteiger partial charge in [0.15, 0.2) is 6.29 Å². The van der Waals surface area contributed by atoms with Crippen molar-refractivity contribution < 1.29 is 14.3 Å². The van der Waals surface area contributed by atoms with Crippen LogP contribution in [0, 0.1) is 18.3 Å². The molecule has 0 amide bonds. The lowest BCUT2D eigenvalue weighted by atomic mass is 9.98. The molecule has 0 aliphatic rings. The molecule has 4 heteroatoms. The number of carbonyl (C=O) groups is 2. The predicted molar refractivity (Wildman–Crippen MR) is 52.6 cm³/mol. The summed E-state index contributed by atoms with van der Waals surface area (Å²) in [6, 6.07) is 4.81. The van der Waals surface area contributed by atoms with Crippen LogP contribution in [0.4, 0.5) is 0 Å². The average molecular weight is 203 g/mol. The highest BCUT2D eigenvalue weighted by Gasteiger charge is 2.14. The summed E-state index contributed by atoms with van der Waals surface area (Å²) in [5.41, 5.74) is 1.27. The first-order valence-corrected chi connectivity index (χ1v) is 4.23. The molecule has 76 valence electrons. The number of ether oxygens (including phenoxy) is 1. The van der Waals surface area contributed by atoms with Crippen LogP contribution in [0.2, 0.25) is 0 Å². The summed E-state index contributed by atoms with van der Waals surface area (Å²) in [5, 5.41) is 8.85. The van der Waals surface area contributed by atoms with E-state index in [2.05, 4.69) is 4.74 Å². The van der Waals surface area contributed by atoms with Gasteiger partial charge in [-0.25, -0.2) is 4.79 Å². The van der Waals surface area contributed by atoms with Gasteiger partial charge in [0.05, 0.1) is 18.2 Å². The Morgan fingerprint density at radius 1 is 1.53 bits per heavy atom. The largest absolute Gasteiger partial charge is 0.465 e. The Morgan fingerprint density at radius 3 is 2.67 bits per heavy atom. The number of methoxy groups -OCH3 is 1. The normalized spacial score (nSPS) is 9.13. The second kappa shape index (κ2) is 4.38. The molecule has 0 bridgehead atoms. The molecule has 0 spiro atoms. The predicted octanol–water partition coefficient (Wildman–Crippen LogP) is 1.47. The van der Waals surface area contributed by atoms with E-state index in [4.69, 9.17) is 5.26 Å². The molecule has 15 heavy (non-hydrogen) atoms.